The van der Waals surface area contributed by atoms with Crippen molar-refractivity contribution in [2.45, 2.75) is 33.1 Å². The van der Waals surface area contributed by atoms with Gasteiger partial charge in [0, 0.05) is 12.3 Å². The molecule has 1 aliphatic rings. The third-order valence-corrected chi connectivity index (χ3v) is 3.11. The van der Waals surface area contributed by atoms with Gasteiger partial charge in [0.05, 0.1) is 0 Å². The Labute approximate surface area is 78.1 Å². The van der Waals surface area contributed by atoms with Crippen LogP contribution in [0.4, 0.5) is 0 Å². The van der Waals surface area contributed by atoms with Crippen LogP contribution in [0.3, 0.4) is 0 Å². The first-order valence-electron chi connectivity index (χ1n) is 4.74. The maximum atomic E-state index is 11.2. The van der Waals surface area contributed by atoms with E-state index in [0.29, 0.717) is 5.92 Å². The van der Waals surface area contributed by atoms with Gasteiger partial charge in [-0.25, -0.2) is 0 Å². The van der Waals surface area contributed by atoms with E-state index in [1.165, 1.54) is 0 Å². The van der Waals surface area contributed by atoms with Crippen molar-refractivity contribution in [1.29, 1.82) is 0 Å². The zero-order valence-electron chi connectivity index (χ0n) is 8.12. The number of rotatable bonds is 3. The van der Waals surface area contributed by atoms with Crippen molar-refractivity contribution in [2.24, 2.45) is 17.8 Å². The van der Waals surface area contributed by atoms with Gasteiger partial charge in [-0.3, -0.25) is 9.59 Å². The van der Waals surface area contributed by atoms with Gasteiger partial charge in [0.2, 0.25) is 0 Å². The summed E-state index contributed by atoms with van der Waals surface area (Å²) in [5.74, 6) is -0.202. The SMILES string of the molecule is CC(=O)C1CCC(C)C1CC(=O)O. The number of carboxylic acids is 1. The fraction of sp³-hybridized carbons (Fsp3) is 0.800. The molecule has 1 fully saturated rings. The molecule has 0 amide bonds. The number of carboxylic acid groups (broad SMARTS) is 1. The highest BCUT2D eigenvalue weighted by Crippen LogP contribution is 2.39. The molecule has 3 heteroatoms. The smallest absolute Gasteiger partial charge is 0.303 e. The fourth-order valence-corrected chi connectivity index (χ4v) is 2.32. The largest absolute Gasteiger partial charge is 0.481 e. The quantitative estimate of drug-likeness (QED) is 0.726. The molecule has 3 nitrogen and oxygen atoms in total. The third-order valence-electron chi connectivity index (χ3n) is 3.11. The van der Waals surface area contributed by atoms with E-state index < -0.39 is 5.97 Å². The Morgan fingerprint density at radius 3 is 2.46 bits per heavy atom. The van der Waals surface area contributed by atoms with Crippen molar-refractivity contribution in [3.8, 4) is 0 Å². The molecule has 0 aromatic heterocycles. The summed E-state index contributed by atoms with van der Waals surface area (Å²) in [6, 6.07) is 0. The van der Waals surface area contributed by atoms with Gasteiger partial charge < -0.3 is 5.11 Å². The second-order valence-corrected chi connectivity index (χ2v) is 4.03. The minimum absolute atomic E-state index is 0.00824. The average Bonchev–Trinajstić information content (AvgIpc) is 2.32. The number of carbonyl (C=O) groups excluding carboxylic acids is 1. The summed E-state index contributed by atoms with van der Waals surface area (Å²) < 4.78 is 0. The number of aliphatic carboxylic acids is 1. The van der Waals surface area contributed by atoms with Crippen molar-refractivity contribution in [1.82, 2.24) is 0 Å². The van der Waals surface area contributed by atoms with Crippen LogP contribution in [0.2, 0.25) is 0 Å². The minimum Gasteiger partial charge on any atom is -0.481 e. The van der Waals surface area contributed by atoms with Gasteiger partial charge >= 0.3 is 5.97 Å². The van der Waals surface area contributed by atoms with Crippen LogP contribution in [0, 0.1) is 17.8 Å². The third kappa shape index (κ3) is 2.29. The molecule has 1 saturated carbocycles. The molecular formula is C10H16O3. The molecule has 13 heavy (non-hydrogen) atoms. The van der Waals surface area contributed by atoms with Crippen LogP contribution in [-0.4, -0.2) is 16.9 Å². The van der Waals surface area contributed by atoms with Crippen LogP contribution in [0.15, 0.2) is 0 Å². The molecular weight excluding hydrogens is 168 g/mol. The normalized spacial score (nSPS) is 33.2. The second-order valence-electron chi connectivity index (χ2n) is 4.03. The Bertz CT molecular complexity index is 222. The highest BCUT2D eigenvalue weighted by atomic mass is 16.4. The average molecular weight is 184 g/mol. The summed E-state index contributed by atoms with van der Waals surface area (Å²) in [7, 11) is 0. The summed E-state index contributed by atoms with van der Waals surface area (Å²) >= 11 is 0. The summed E-state index contributed by atoms with van der Waals surface area (Å²) in [5.41, 5.74) is 0. The van der Waals surface area contributed by atoms with Gasteiger partial charge in [0.25, 0.3) is 0 Å². The molecule has 0 saturated heterocycles. The maximum Gasteiger partial charge on any atom is 0.303 e. The first-order valence-corrected chi connectivity index (χ1v) is 4.74. The Kier molecular flexibility index (Phi) is 3.07. The molecule has 0 aromatic rings. The van der Waals surface area contributed by atoms with Gasteiger partial charge in [-0.15, -0.1) is 0 Å². The van der Waals surface area contributed by atoms with E-state index in [2.05, 4.69) is 0 Å². The van der Waals surface area contributed by atoms with Crippen molar-refractivity contribution < 1.29 is 14.7 Å². The summed E-state index contributed by atoms with van der Waals surface area (Å²) in [6.07, 6.45) is 2.00. The lowest BCUT2D eigenvalue weighted by Gasteiger charge is -2.18. The highest BCUT2D eigenvalue weighted by Gasteiger charge is 2.37. The van der Waals surface area contributed by atoms with E-state index in [-0.39, 0.29) is 24.0 Å². The molecule has 1 N–H and O–H groups in total. The van der Waals surface area contributed by atoms with Crippen LogP contribution in [-0.2, 0) is 9.59 Å². The number of hydrogen-bond donors (Lipinski definition) is 1. The summed E-state index contributed by atoms with van der Waals surface area (Å²) in [4.78, 5) is 21.7. The Morgan fingerprint density at radius 1 is 1.38 bits per heavy atom. The lowest BCUT2D eigenvalue weighted by molar-refractivity contribution is -0.139. The highest BCUT2D eigenvalue weighted by molar-refractivity contribution is 5.80. The van der Waals surface area contributed by atoms with Crippen molar-refractivity contribution in [3.05, 3.63) is 0 Å². The van der Waals surface area contributed by atoms with Crippen molar-refractivity contribution >= 4 is 11.8 Å². The molecule has 3 atom stereocenters. The van der Waals surface area contributed by atoms with E-state index in [9.17, 15) is 9.59 Å². The second kappa shape index (κ2) is 3.90. The molecule has 0 spiro atoms. The molecule has 1 aliphatic carbocycles. The van der Waals surface area contributed by atoms with Gasteiger partial charge in [0.1, 0.15) is 5.78 Å². The van der Waals surface area contributed by atoms with E-state index in [1.54, 1.807) is 6.92 Å². The van der Waals surface area contributed by atoms with E-state index >= 15 is 0 Å². The molecule has 0 heterocycles. The Balaban J connectivity index is 2.65. The van der Waals surface area contributed by atoms with Gasteiger partial charge in [0.15, 0.2) is 0 Å². The molecule has 0 aromatic carbocycles. The Morgan fingerprint density at radius 2 is 2.00 bits per heavy atom. The number of Topliss-reactive ketones (excluding diaryl/α,β-unsaturated/α-hetero) is 1. The molecule has 0 radical (unpaired) electrons. The Hall–Kier alpha value is -0.860. The number of hydrogen-bond acceptors (Lipinski definition) is 2. The van der Waals surface area contributed by atoms with Crippen LogP contribution < -0.4 is 0 Å². The molecule has 0 aliphatic heterocycles. The predicted octanol–water partition coefficient (Wildman–Crippen LogP) is 1.71. The number of carbonyl (C=O) groups is 2. The van der Waals surface area contributed by atoms with Gasteiger partial charge in [-0.2, -0.15) is 0 Å². The van der Waals surface area contributed by atoms with E-state index in [0.717, 1.165) is 12.8 Å². The number of ketones is 1. The van der Waals surface area contributed by atoms with Crippen molar-refractivity contribution in [3.63, 3.8) is 0 Å². The first kappa shape index (κ1) is 10.2. The first-order chi connectivity index (χ1) is 6.02. The topological polar surface area (TPSA) is 54.4 Å². The molecule has 1 rings (SSSR count). The van der Waals surface area contributed by atoms with Gasteiger partial charge in [-0.05, 0) is 31.6 Å². The standard InChI is InChI=1S/C10H16O3/c1-6-3-4-8(7(2)11)9(6)5-10(12)13/h6,8-9H,3-5H2,1-2H3,(H,12,13). The van der Waals surface area contributed by atoms with Crippen LogP contribution >= 0.6 is 0 Å². The molecule has 3 unspecified atom stereocenters. The monoisotopic (exact) mass is 184 g/mol. The van der Waals surface area contributed by atoms with Crippen LogP contribution in [0.5, 0.6) is 0 Å². The maximum absolute atomic E-state index is 11.2. The fourth-order valence-electron chi connectivity index (χ4n) is 2.32. The van der Waals surface area contributed by atoms with E-state index in [4.69, 9.17) is 5.11 Å². The zero-order valence-corrected chi connectivity index (χ0v) is 8.12. The van der Waals surface area contributed by atoms with E-state index in [1.807, 2.05) is 6.92 Å². The lowest BCUT2D eigenvalue weighted by atomic mass is 9.85. The molecule has 0 bridgehead atoms. The van der Waals surface area contributed by atoms with Crippen molar-refractivity contribution in [2.75, 3.05) is 0 Å². The molecule has 74 valence electrons. The predicted molar refractivity (Wildman–Crippen MR) is 48.3 cm³/mol. The van der Waals surface area contributed by atoms with Gasteiger partial charge in [-0.1, -0.05) is 6.92 Å². The lowest BCUT2D eigenvalue weighted by Crippen LogP contribution is -2.22. The van der Waals surface area contributed by atoms with Crippen LogP contribution in [0.1, 0.15) is 33.1 Å². The zero-order chi connectivity index (χ0) is 10.0. The summed E-state index contributed by atoms with van der Waals surface area (Å²) in [6.45, 7) is 3.61. The van der Waals surface area contributed by atoms with Crippen LogP contribution in [0.25, 0.3) is 0 Å². The minimum atomic E-state index is -0.787. The summed E-state index contributed by atoms with van der Waals surface area (Å²) in [5, 5.41) is 8.68.